The third kappa shape index (κ3) is 5.46. The lowest BCUT2D eigenvalue weighted by Gasteiger charge is -2.25. The maximum Gasteiger partial charge on any atom is 0.147 e. The highest BCUT2D eigenvalue weighted by Gasteiger charge is 2.10. The van der Waals surface area contributed by atoms with E-state index in [9.17, 15) is 0 Å². The molecule has 0 N–H and O–H groups in total. The predicted octanol–water partition coefficient (Wildman–Crippen LogP) is 3.53. The molecular weight excluding hydrogens is 234 g/mol. The van der Waals surface area contributed by atoms with Crippen LogP contribution in [0, 0.1) is 0 Å². The summed E-state index contributed by atoms with van der Waals surface area (Å²) in [5.74, 6) is 0. The lowest BCUT2D eigenvalue weighted by molar-refractivity contribution is 0.206. The Hall–Kier alpha value is -0.670. The van der Waals surface area contributed by atoms with Crippen LogP contribution in [-0.2, 0) is 6.54 Å². The van der Waals surface area contributed by atoms with Crippen LogP contribution in [0.25, 0.3) is 0 Å². The van der Waals surface area contributed by atoms with Gasteiger partial charge in [0, 0.05) is 12.6 Å². The van der Waals surface area contributed by atoms with Crippen molar-refractivity contribution in [3.8, 4) is 0 Å². The molecule has 1 aromatic rings. The van der Waals surface area contributed by atoms with Gasteiger partial charge in [0.15, 0.2) is 0 Å². The summed E-state index contributed by atoms with van der Waals surface area (Å²) in [6.45, 7) is 8.64. The first-order valence-corrected chi connectivity index (χ1v) is 6.71. The van der Waals surface area contributed by atoms with Gasteiger partial charge >= 0.3 is 0 Å². The normalized spacial score (nSPS) is 11.4. The maximum atomic E-state index is 5.73. The van der Waals surface area contributed by atoms with Gasteiger partial charge in [0.05, 0.1) is 18.1 Å². The van der Waals surface area contributed by atoms with Crippen LogP contribution in [0.5, 0.6) is 0 Å². The summed E-state index contributed by atoms with van der Waals surface area (Å²) < 4.78 is 0. The Balaban J connectivity index is 2.51. The topological polar surface area (TPSA) is 29.0 Å². The summed E-state index contributed by atoms with van der Waals surface area (Å²) in [6, 6.07) is 0.532. The second kappa shape index (κ2) is 7.62. The molecule has 1 aromatic heterocycles. The lowest BCUT2D eigenvalue weighted by atomic mass is 10.2. The summed E-state index contributed by atoms with van der Waals surface area (Å²) in [4.78, 5) is 10.8. The highest BCUT2D eigenvalue weighted by Crippen LogP contribution is 2.09. The SMILES string of the molecule is CCCCCN(Cc1cnc(Cl)cn1)C(C)C. The van der Waals surface area contributed by atoms with Gasteiger partial charge < -0.3 is 0 Å². The van der Waals surface area contributed by atoms with E-state index in [-0.39, 0.29) is 0 Å². The van der Waals surface area contributed by atoms with E-state index in [0.717, 1.165) is 18.8 Å². The Kier molecular flexibility index (Phi) is 6.45. The molecule has 4 heteroatoms. The van der Waals surface area contributed by atoms with Crippen molar-refractivity contribution in [2.24, 2.45) is 0 Å². The van der Waals surface area contributed by atoms with E-state index in [1.54, 1.807) is 12.4 Å². The van der Waals surface area contributed by atoms with Gasteiger partial charge in [0.2, 0.25) is 0 Å². The molecule has 1 rings (SSSR count). The molecular formula is C13H22ClN3. The number of rotatable bonds is 7. The molecule has 0 unspecified atom stereocenters. The third-order valence-electron chi connectivity index (χ3n) is 2.82. The Morgan fingerprint density at radius 3 is 2.53 bits per heavy atom. The van der Waals surface area contributed by atoms with Gasteiger partial charge in [-0.2, -0.15) is 0 Å². The first kappa shape index (κ1) is 14.4. The largest absolute Gasteiger partial charge is 0.295 e. The smallest absolute Gasteiger partial charge is 0.147 e. The van der Waals surface area contributed by atoms with Gasteiger partial charge in [-0.1, -0.05) is 31.4 Å². The quantitative estimate of drug-likeness (QED) is 0.698. The molecule has 96 valence electrons. The summed E-state index contributed by atoms with van der Waals surface area (Å²) in [5, 5.41) is 0.454. The fourth-order valence-electron chi connectivity index (χ4n) is 1.71. The van der Waals surface area contributed by atoms with Crippen molar-refractivity contribution in [1.29, 1.82) is 0 Å². The number of nitrogens with zero attached hydrogens (tertiary/aromatic N) is 3. The van der Waals surface area contributed by atoms with Crippen molar-refractivity contribution >= 4 is 11.6 Å². The molecule has 0 spiro atoms. The Morgan fingerprint density at radius 2 is 2.00 bits per heavy atom. The van der Waals surface area contributed by atoms with E-state index in [1.165, 1.54) is 19.3 Å². The minimum absolute atomic E-state index is 0.454. The van der Waals surface area contributed by atoms with Crippen LogP contribution in [0.15, 0.2) is 12.4 Å². The molecule has 0 amide bonds. The van der Waals surface area contributed by atoms with E-state index in [1.807, 2.05) is 0 Å². The molecule has 0 saturated carbocycles. The van der Waals surface area contributed by atoms with Gasteiger partial charge in [-0.05, 0) is 26.8 Å². The van der Waals surface area contributed by atoms with E-state index in [0.29, 0.717) is 11.2 Å². The Bertz CT molecular complexity index is 311. The maximum absolute atomic E-state index is 5.73. The molecule has 0 atom stereocenters. The van der Waals surface area contributed by atoms with E-state index in [2.05, 4.69) is 35.6 Å². The van der Waals surface area contributed by atoms with Crippen molar-refractivity contribution < 1.29 is 0 Å². The lowest BCUT2D eigenvalue weighted by Crippen LogP contribution is -2.31. The molecule has 17 heavy (non-hydrogen) atoms. The zero-order chi connectivity index (χ0) is 12.7. The van der Waals surface area contributed by atoms with Crippen LogP contribution in [0.4, 0.5) is 0 Å². The summed E-state index contributed by atoms with van der Waals surface area (Å²) in [5.41, 5.74) is 0.986. The first-order chi connectivity index (χ1) is 8.13. The number of aromatic nitrogens is 2. The second-order valence-corrected chi connectivity index (χ2v) is 4.99. The number of hydrogen-bond donors (Lipinski definition) is 0. The molecule has 0 saturated heterocycles. The average molecular weight is 256 g/mol. The monoisotopic (exact) mass is 255 g/mol. The molecule has 0 fully saturated rings. The zero-order valence-corrected chi connectivity index (χ0v) is 11.7. The van der Waals surface area contributed by atoms with Gasteiger partial charge in [0.25, 0.3) is 0 Å². The van der Waals surface area contributed by atoms with Crippen LogP contribution in [0.2, 0.25) is 5.15 Å². The molecule has 0 bridgehead atoms. The summed E-state index contributed by atoms with van der Waals surface area (Å²) in [6.07, 6.45) is 7.16. The minimum atomic E-state index is 0.454. The van der Waals surface area contributed by atoms with Gasteiger partial charge in [-0.15, -0.1) is 0 Å². The highest BCUT2D eigenvalue weighted by molar-refractivity contribution is 6.29. The van der Waals surface area contributed by atoms with E-state index in [4.69, 9.17) is 11.6 Å². The third-order valence-corrected chi connectivity index (χ3v) is 3.01. The Labute approximate surface area is 109 Å². The van der Waals surface area contributed by atoms with Crippen molar-refractivity contribution in [3.05, 3.63) is 23.2 Å². The van der Waals surface area contributed by atoms with Crippen LogP contribution in [0.1, 0.15) is 45.7 Å². The molecule has 0 radical (unpaired) electrons. The van der Waals surface area contributed by atoms with Crippen LogP contribution in [-0.4, -0.2) is 27.5 Å². The molecule has 0 aliphatic rings. The van der Waals surface area contributed by atoms with Crippen LogP contribution < -0.4 is 0 Å². The molecule has 0 aromatic carbocycles. The van der Waals surface area contributed by atoms with Crippen molar-refractivity contribution in [3.63, 3.8) is 0 Å². The summed E-state index contributed by atoms with van der Waals surface area (Å²) in [7, 11) is 0. The molecule has 3 nitrogen and oxygen atoms in total. The molecule has 0 aliphatic heterocycles. The predicted molar refractivity (Wildman–Crippen MR) is 72.1 cm³/mol. The standard InChI is InChI=1S/C13H22ClN3/c1-4-5-6-7-17(11(2)3)10-12-8-16-13(14)9-15-12/h8-9,11H,4-7,10H2,1-3H3. The number of unbranched alkanes of at least 4 members (excludes halogenated alkanes) is 2. The van der Waals surface area contributed by atoms with Crippen LogP contribution >= 0.6 is 11.6 Å². The number of hydrogen-bond acceptors (Lipinski definition) is 3. The summed E-state index contributed by atoms with van der Waals surface area (Å²) >= 11 is 5.73. The van der Waals surface area contributed by atoms with Crippen molar-refractivity contribution in [2.45, 2.75) is 52.6 Å². The number of halogens is 1. The minimum Gasteiger partial charge on any atom is -0.295 e. The second-order valence-electron chi connectivity index (χ2n) is 4.60. The fourth-order valence-corrected chi connectivity index (χ4v) is 1.81. The zero-order valence-electron chi connectivity index (χ0n) is 11.0. The molecule has 1 heterocycles. The average Bonchev–Trinajstić information content (AvgIpc) is 2.30. The van der Waals surface area contributed by atoms with Gasteiger partial charge in [-0.25, -0.2) is 4.98 Å². The Morgan fingerprint density at radius 1 is 1.24 bits per heavy atom. The van der Waals surface area contributed by atoms with E-state index >= 15 is 0 Å². The van der Waals surface area contributed by atoms with Crippen molar-refractivity contribution in [1.82, 2.24) is 14.9 Å². The van der Waals surface area contributed by atoms with Crippen molar-refractivity contribution in [2.75, 3.05) is 6.54 Å². The van der Waals surface area contributed by atoms with Crippen LogP contribution in [0.3, 0.4) is 0 Å². The fraction of sp³-hybridized carbons (Fsp3) is 0.692. The van der Waals surface area contributed by atoms with E-state index < -0.39 is 0 Å². The van der Waals surface area contributed by atoms with Gasteiger partial charge in [0.1, 0.15) is 5.15 Å². The molecule has 0 aliphatic carbocycles. The highest BCUT2D eigenvalue weighted by atomic mass is 35.5. The van der Waals surface area contributed by atoms with Gasteiger partial charge in [-0.3, -0.25) is 9.88 Å². The first-order valence-electron chi connectivity index (χ1n) is 6.34.